The number of anilines is 2. The van der Waals surface area contributed by atoms with Crippen LogP contribution < -0.4 is 15.9 Å². The molecule has 0 unspecified atom stereocenters. The van der Waals surface area contributed by atoms with E-state index in [2.05, 4.69) is 22.5 Å². The second-order valence-electron chi connectivity index (χ2n) is 10.4. The van der Waals surface area contributed by atoms with Crippen molar-refractivity contribution in [2.75, 3.05) is 50.6 Å². The number of fused-ring (bicyclic) bond motifs is 1. The molecule has 1 saturated heterocycles. The largest absolute Gasteiger partial charge is 0.418 e. The van der Waals surface area contributed by atoms with Gasteiger partial charge in [-0.3, -0.25) is 0 Å². The smallest absolute Gasteiger partial charge is 0.378 e. The normalized spacial score (nSPS) is 18.7. The van der Waals surface area contributed by atoms with E-state index in [0.717, 1.165) is 17.4 Å². The van der Waals surface area contributed by atoms with Gasteiger partial charge in [0.05, 0.1) is 39.8 Å². The Kier molecular flexibility index (Phi) is 9.03. The third-order valence-electron chi connectivity index (χ3n) is 6.78. The van der Waals surface area contributed by atoms with Gasteiger partial charge < -0.3 is 20.1 Å². The fourth-order valence-electron chi connectivity index (χ4n) is 4.70. The van der Waals surface area contributed by atoms with Crippen molar-refractivity contribution in [2.24, 2.45) is 0 Å². The second kappa shape index (κ2) is 11.9. The Morgan fingerprint density at radius 3 is 2.46 bits per heavy atom. The van der Waals surface area contributed by atoms with Crippen LogP contribution >= 0.6 is 18.5 Å². The van der Waals surface area contributed by atoms with Crippen LogP contribution in [-0.4, -0.2) is 63.3 Å². The van der Waals surface area contributed by atoms with Gasteiger partial charge >= 0.3 is 12.4 Å². The zero-order valence-corrected chi connectivity index (χ0v) is 24.2. The van der Waals surface area contributed by atoms with E-state index in [-0.39, 0.29) is 34.5 Å². The molecule has 222 valence electrons. The van der Waals surface area contributed by atoms with Crippen LogP contribution in [0.1, 0.15) is 22.4 Å². The highest BCUT2D eigenvalue weighted by atomic mass is 32.1. The molecule has 4 nitrogen and oxygen atoms in total. The molecule has 1 aliphatic heterocycles. The third-order valence-corrected chi connectivity index (χ3v) is 9.50. The van der Waals surface area contributed by atoms with Crippen molar-refractivity contribution >= 4 is 45.2 Å². The minimum Gasteiger partial charge on any atom is -0.378 e. The first kappa shape index (κ1) is 31.2. The molecule has 2 heterocycles. The molecule has 0 bridgehead atoms. The average molecular weight is 620 g/mol. The highest BCUT2D eigenvalue weighted by molar-refractivity contribution is 7.70. The zero-order valence-electron chi connectivity index (χ0n) is 22.5. The van der Waals surface area contributed by atoms with Gasteiger partial charge in [-0.25, -0.2) is 4.39 Å². The lowest BCUT2D eigenvalue weighted by Crippen LogP contribution is -2.46. The lowest BCUT2D eigenvalue weighted by Gasteiger charge is -2.33. The molecule has 2 aromatic carbocycles. The summed E-state index contributed by atoms with van der Waals surface area (Å²) in [5.74, 6) is 5.35. The highest BCUT2D eigenvalue weighted by Crippen LogP contribution is 2.41. The number of alkyl halides is 7. The number of rotatable bonds is 6. The first-order valence-electron chi connectivity index (χ1n) is 12.7. The zero-order chi connectivity index (χ0) is 30.2. The number of nitrogens with zero attached hydrogens (tertiary/aromatic N) is 1. The van der Waals surface area contributed by atoms with Gasteiger partial charge in [0.15, 0.2) is 0 Å². The molecule has 41 heavy (non-hydrogen) atoms. The van der Waals surface area contributed by atoms with Gasteiger partial charge in [-0.15, -0.1) is 11.3 Å². The molecule has 2 N–H and O–H groups in total. The van der Waals surface area contributed by atoms with E-state index in [0.29, 0.717) is 28.7 Å². The molecular weight excluding hydrogens is 590 g/mol. The van der Waals surface area contributed by atoms with Crippen molar-refractivity contribution in [3.05, 3.63) is 52.4 Å². The van der Waals surface area contributed by atoms with Crippen LogP contribution in [0.3, 0.4) is 0 Å². The minimum atomic E-state index is -4.72. The van der Waals surface area contributed by atoms with E-state index in [1.807, 2.05) is 11.9 Å². The minimum absolute atomic E-state index is 0.0317. The standard InChI is InChI=1S/C28H29F7N3OPS/c1-38-13-11-23(21(29)16-38)37-24-7-4-6-18-19(15-27(30,31)32)25(41-26(18)24)8-5-12-36-22-10-9-17(40(2,3)39)14-20(22)28(33,34)35/h4,6-7,9-10,14,21,23,36-37H,11-13,15-16H2,1-3H3/t21-,23+/m0/s1. The van der Waals surface area contributed by atoms with Crippen LogP contribution in [-0.2, 0) is 17.2 Å². The third kappa shape index (κ3) is 7.76. The van der Waals surface area contributed by atoms with Gasteiger partial charge in [-0.05, 0) is 62.0 Å². The molecular formula is C28H29F7N3OPS. The van der Waals surface area contributed by atoms with Gasteiger partial charge in [-0.1, -0.05) is 24.0 Å². The summed E-state index contributed by atoms with van der Waals surface area (Å²) < 4.78 is 109. The summed E-state index contributed by atoms with van der Waals surface area (Å²) in [7, 11) is -1.12. The van der Waals surface area contributed by atoms with Crippen molar-refractivity contribution in [3.8, 4) is 11.8 Å². The van der Waals surface area contributed by atoms with Crippen LogP contribution in [0.5, 0.6) is 0 Å². The summed E-state index contributed by atoms with van der Waals surface area (Å²) in [5.41, 5.74) is -0.800. The number of hydrogen-bond donors (Lipinski definition) is 2. The van der Waals surface area contributed by atoms with Gasteiger partial charge in [0, 0.05) is 24.1 Å². The summed E-state index contributed by atoms with van der Waals surface area (Å²) in [6, 6.07) is 7.71. The van der Waals surface area contributed by atoms with E-state index in [1.54, 1.807) is 18.2 Å². The van der Waals surface area contributed by atoms with E-state index in [4.69, 9.17) is 0 Å². The predicted octanol–water partition coefficient (Wildman–Crippen LogP) is 7.19. The molecule has 2 atom stereocenters. The Bertz CT molecular complexity index is 1520. The number of nitrogens with one attached hydrogen (secondary N) is 2. The van der Waals surface area contributed by atoms with Crippen molar-refractivity contribution in [1.82, 2.24) is 4.90 Å². The SMILES string of the molecule is CN1CC[C@@H](Nc2cccc3c(CC(F)(F)F)c(C#CCNc4ccc(P(C)(C)=O)cc4C(F)(F)F)sc23)[C@@H](F)C1. The summed E-state index contributed by atoms with van der Waals surface area (Å²) in [6.45, 7) is 3.39. The first-order valence-corrected chi connectivity index (χ1v) is 16.1. The molecule has 13 heteroatoms. The number of halogens is 7. The summed E-state index contributed by atoms with van der Waals surface area (Å²) >= 11 is 1.03. The second-order valence-corrected chi connectivity index (χ2v) is 14.7. The Morgan fingerprint density at radius 1 is 1.10 bits per heavy atom. The van der Waals surface area contributed by atoms with Crippen molar-refractivity contribution in [2.45, 2.75) is 37.4 Å². The lowest BCUT2D eigenvalue weighted by atomic mass is 10.0. The molecule has 0 spiro atoms. The Labute approximate surface area is 237 Å². The van der Waals surface area contributed by atoms with Crippen molar-refractivity contribution in [1.29, 1.82) is 0 Å². The van der Waals surface area contributed by atoms with Crippen LogP contribution in [0.2, 0.25) is 0 Å². The molecule has 1 aromatic heterocycles. The van der Waals surface area contributed by atoms with Crippen LogP contribution in [0.4, 0.5) is 42.1 Å². The number of piperidine rings is 1. The van der Waals surface area contributed by atoms with E-state index < -0.39 is 43.7 Å². The molecule has 0 aliphatic carbocycles. The average Bonchev–Trinajstić information content (AvgIpc) is 3.19. The number of hydrogen-bond acceptors (Lipinski definition) is 5. The van der Waals surface area contributed by atoms with Gasteiger partial charge in [0.2, 0.25) is 0 Å². The Balaban J connectivity index is 1.63. The van der Waals surface area contributed by atoms with Gasteiger partial charge in [-0.2, -0.15) is 26.3 Å². The monoisotopic (exact) mass is 619 g/mol. The summed E-state index contributed by atoms with van der Waals surface area (Å²) in [4.78, 5) is 2.01. The number of likely N-dealkylation sites (tertiary alicyclic amines) is 1. The number of thiophene rings is 1. The summed E-state index contributed by atoms with van der Waals surface area (Å²) in [6.07, 6.45) is -11.1. The quantitative estimate of drug-likeness (QED) is 0.174. The lowest BCUT2D eigenvalue weighted by molar-refractivity contribution is -0.137. The molecule has 0 saturated carbocycles. The van der Waals surface area contributed by atoms with E-state index >= 15 is 0 Å². The Hall–Kier alpha value is -2.74. The highest BCUT2D eigenvalue weighted by Gasteiger charge is 2.35. The molecule has 0 radical (unpaired) electrons. The van der Waals surface area contributed by atoms with Crippen molar-refractivity contribution < 1.29 is 35.3 Å². The van der Waals surface area contributed by atoms with Crippen LogP contribution in [0.25, 0.3) is 10.1 Å². The molecule has 3 aromatic rings. The molecule has 0 amide bonds. The molecule has 1 fully saturated rings. The fourth-order valence-corrected chi connectivity index (χ4v) is 6.74. The fraction of sp³-hybridized carbons (Fsp3) is 0.429. The molecule has 4 rings (SSSR count). The van der Waals surface area contributed by atoms with Crippen LogP contribution in [0.15, 0.2) is 36.4 Å². The topological polar surface area (TPSA) is 44.4 Å². The van der Waals surface area contributed by atoms with Crippen molar-refractivity contribution in [3.63, 3.8) is 0 Å². The maximum absolute atomic E-state index is 14.7. The Morgan fingerprint density at radius 2 is 1.83 bits per heavy atom. The maximum atomic E-state index is 14.7. The van der Waals surface area contributed by atoms with E-state index in [9.17, 15) is 35.3 Å². The predicted molar refractivity (Wildman–Crippen MR) is 152 cm³/mol. The summed E-state index contributed by atoms with van der Waals surface area (Å²) in [5, 5.41) is 6.17. The first-order chi connectivity index (χ1) is 19.0. The van der Waals surface area contributed by atoms with Gasteiger partial charge in [0.25, 0.3) is 0 Å². The van der Waals surface area contributed by atoms with E-state index in [1.165, 1.54) is 25.5 Å². The van der Waals surface area contributed by atoms with Crippen LogP contribution in [0, 0.1) is 11.8 Å². The molecule has 1 aliphatic rings. The number of benzene rings is 2. The van der Waals surface area contributed by atoms with Gasteiger partial charge in [0.1, 0.15) is 13.3 Å². The maximum Gasteiger partial charge on any atom is 0.418 e.